The van der Waals surface area contributed by atoms with Crippen molar-refractivity contribution in [2.75, 3.05) is 14.2 Å². The van der Waals surface area contributed by atoms with Crippen LogP contribution in [0.3, 0.4) is 0 Å². The molecule has 1 aromatic heterocycles. The first-order chi connectivity index (χ1) is 7.58. The van der Waals surface area contributed by atoms with Crippen LogP contribution in [0.2, 0.25) is 0 Å². The first-order valence-corrected chi connectivity index (χ1v) is 5.00. The van der Waals surface area contributed by atoms with E-state index in [0.29, 0.717) is 5.82 Å². The van der Waals surface area contributed by atoms with Gasteiger partial charge in [0.05, 0.1) is 7.11 Å². The van der Waals surface area contributed by atoms with Gasteiger partial charge in [0, 0.05) is 7.11 Å². The molecule has 6 nitrogen and oxygen atoms in total. The molecular weight excluding hydrogens is 212 g/mol. The third-order valence-corrected chi connectivity index (χ3v) is 2.12. The number of ether oxygens (including phenoxy) is 2. The van der Waals surface area contributed by atoms with Gasteiger partial charge >= 0.3 is 5.97 Å². The Morgan fingerprint density at radius 2 is 2.12 bits per heavy atom. The Balaban J connectivity index is 2.73. The smallest absolute Gasteiger partial charge is 0.315 e. The van der Waals surface area contributed by atoms with Gasteiger partial charge in [0.1, 0.15) is 12.5 Å². The zero-order valence-corrected chi connectivity index (χ0v) is 9.89. The van der Waals surface area contributed by atoms with E-state index in [0.717, 1.165) is 0 Å². The third kappa shape index (κ3) is 3.03. The van der Waals surface area contributed by atoms with Gasteiger partial charge in [0.15, 0.2) is 0 Å². The van der Waals surface area contributed by atoms with E-state index in [-0.39, 0.29) is 24.3 Å². The highest BCUT2D eigenvalue weighted by molar-refractivity contribution is 5.70. The van der Waals surface area contributed by atoms with Crippen molar-refractivity contribution in [3.8, 4) is 0 Å². The molecule has 0 saturated heterocycles. The number of carbonyl (C=O) groups is 1. The quantitative estimate of drug-likeness (QED) is 0.703. The van der Waals surface area contributed by atoms with Crippen LogP contribution in [-0.4, -0.2) is 30.3 Å². The number of carbonyl (C=O) groups excluding carboxylic acids is 1. The van der Waals surface area contributed by atoms with Gasteiger partial charge in [-0.1, -0.05) is 19.0 Å². The maximum Gasteiger partial charge on any atom is 0.315 e. The van der Waals surface area contributed by atoms with Crippen molar-refractivity contribution >= 4 is 5.97 Å². The Hall–Kier alpha value is -1.43. The molecule has 1 rings (SSSR count). The summed E-state index contributed by atoms with van der Waals surface area (Å²) in [5.74, 6) is 0.517. The van der Waals surface area contributed by atoms with Gasteiger partial charge in [-0.25, -0.2) is 0 Å². The summed E-state index contributed by atoms with van der Waals surface area (Å²) in [6, 6.07) is 0. The molecule has 0 spiro atoms. The molecule has 0 amide bonds. The summed E-state index contributed by atoms with van der Waals surface area (Å²) in [6.45, 7) is 3.98. The zero-order chi connectivity index (χ0) is 12.1. The molecule has 0 aliphatic heterocycles. The van der Waals surface area contributed by atoms with Crippen LogP contribution in [0.1, 0.15) is 31.7 Å². The average Bonchev–Trinajstić information content (AvgIpc) is 2.66. The number of esters is 1. The summed E-state index contributed by atoms with van der Waals surface area (Å²) in [4.78, 5) is 15.1. The van der Waals surface area contributed by atoms with Crippen molar-refractivity contribution in [1.82, 2.24) is 10.1 Å². The number of methoxy groups -OCH3 is 2. The molecule has 1 atom stereocenters. The van der Waals surface area contributed by atoms with Crippen molar-refractivity contribution in [1.29, 1.82) is 0 Å². The van der Waals surface area contributed by atoms with Crippen molar-refractivity contribution in [3.05, 3.63) is 11.7 Å². The van der Waals surface area contributed by atoms with Crippen LogP contribution >= 0.6 is 0 Å². The third-order valence-electron chi connectivity index (χ3n) is 2.12. The average molecular weight is 228 g/mol. The first-order valence-electron chi connectivity index (χ1n) is 5.00. The molecule has 90 valence electrons. The van der Waals surface area contributed by atoms with Crippen LogP contribution in [0.15, 0.2) is 4.52 Å². The lowest BCUT2D eigenvalue weighted by molar-refractivity contribution is -0.140. The molecule has 0 bridgehead atoms. The van der Waals surface area contributed by atoms with Crippen LogP contribution in [0, 0.1) is 5.92 Å². The SMILES string of the molecule is COC(=O)Cc1nc(C(OC)C(C)C)no1. The Bertz CT molecular complexity index is 348. The number of hydrogen-bond acceptors (Lipinski definition) is 6. The number of aromatic nitrogens is 2. The summed E-state index contributed by atoms with van der Waals surface area (Å²) in [6.07, 6.45) is -0.243. The molecule has 16 heavy (non-hydrogen) atoms. The first kappa shape index (κ1) is 12.6. The highest BCUT2D eigenvalue weighted by Crippen LogP contribution is 2.22. The number of nitrogens with zero attached hydrogens (tertiary/aromatic N) is 2. The van der Waals surface area contributed by atoms with Gasteiger partial charge in [-0.3, -0.25) is 4.79 Å². The zero-order valence-electron chi connectivity index (χ0n) is 9.89. The standard InChI is InChI=1S/C10H16N2O4/c1-6(2)9(15-4)10-11-7(16-12-10)5-8(13)14-3/h6,9H,5H2,1-4H3. The fourth-order valence-corrected chi connectivity index (χ4v) is 1.33. The van der Waals surface area contributed by atoms with Crippen LogP contribution in [0.5, 0.6) is 0 Å². The van der Waals surface area contributed by atoms with Gasteiger partial charge in [-0.15, -0.1) is 0 Å². The largest absolute Gasteiger partial charge is 0.469 e. The highest BCUT2D eigenvalue weighted by Gasteiger charge is 2.22. The molecule has 0 radical (unpaired) electrons. The van der Waals surface area contributed by atoms with Crippen LogP contribution in [-0.2, 0) is 20.7 Å². The van der Waals surface area contributed by atoms with E-state index in [4.69, 9.17) is 9.26 Å². The molecule has 0 fully saturated rings. The normalized spacial score (nSPS) is 12.8. The fraction of sp³-hybridized carbons (Fsp3) is 0.700. The molecule has 6 heteroatoms. The molecule has 0 aliphatic rings. The lowest BCUT2D eigenvalue weighted by atomic mass is 10.1. The van der Waals surface area contributed by atoms with E-state index in [1.165, 1.54) is 7.11 Å². The Labute approximate surface area is 93.9 Å². The van der Waals surface area contributed by atoms with Crippen molar-refractivity contribution in [2.45, 2.75) is 26.4 Å². The van der Waals surface area contributed by atoms with E-state index in [2.05, 4.69) is 14.9 Å². The predicted octanol–water partition coefficient (Wildman–Crippen LogP) is 1.13. The van der Waals surface area contributed by atoms with Crippen LogP contribution in [0.25, 0.3) is 0 Å². The maximum absolute atomic E-state index is 11.0. The second kappa shape index (κ2) is 5.60. The summed E-state index contributed by atoms with van der Waals surface area (Å²) < 4.78 is 14.7. The lowest BCUT2D eigenvalue weighted by Gasteiger charge is -2.14. The number of hydrogen-bond donors (Lipinski definition) is 0. The van der Waals surface area contributed by atoms with Crippen LogP contribution in [0.4, 0.5) is 0 Å². The van der Waals surface area contributed by atoms with Gasteiger partial charge < -0.3 is 14.0 Å². The molecule has 0 saturated carbocycles. The molecule has 1 unspecified atom stereocenters. The molecule has 1 aromatic rings. The van der Waals surface area contributed by atoms with E-state index in [1.54, 1.807) is 7.11 Å². The Morgan fingerprint density at radius 1 is 1.44 bits per heavy atom. The van der Waals surface area contributed by atoms with Crippen molar-refractivity contribution in [3.63, 3.8) is 0 Å². The highest BCUT2D eigenvalue weighted by atomic mass is 16.5. The molecule has 0 aromatic carbocycles. The fourth-order valence-electron chi connectivity index (χ4n) is 1.33. The maximum atomic E-state index is 11.0. The van der Waals surface area contributed by atoms with Crippen molar-refractivity contribution in [2.24, 2.45) is 5.92 Å². The predicted molar refractivity (Wildman–Crippen MR) is 54.6 cm³/mol. The van der Waals surface area contributed by atoms with Gasteiger partial charge in [-0.2, -0.15) is 4.98 Å². The molecule has 1 heterocycles. The minimum absolute atomic E-state index is 0.0158. The van der Waals surface area contributed by atoms with E-state index >= 15 is 0 Å². The van der Waals surface area contributed by atoms with Crippen LogP contribution < -0.4 is 0 Å². The van der Waals surface area contributed by atoms with Gasteiger partial charge in [-0.05, 0) is 5.92 Å². The number of rotatable bonds is 5. The minimum Gasteiger partial charge on any atom is -0.469 e. The van der Waals surface area contributed by atoms with E-state index < -0.39 is 5.97 Å². The summed E-state index contributed by atoms with van der Waals surface area (Å²) in [7, 11) is 2.90. The van der Waals surface area contributed by atoms with Gasteiger partial charge in [0.25, 0.3) is 0 Å². The summed E-state index contributed by atoms with van der Waals surface area (Å²) >= 11 is 0. The topological polar surface area (TPSA) is 74.5 Å². The van der Waals surface area contributed by atoms with Gasteiger partial charge in [0.2, 0.25) is 11.7 Å². The minimum atomic E-state index is -0.409. The Kier molecular flexibility index (Phi) is 4.42. The van der Waals surface area contributed by atoms with E-state index in [1.807, 2.05) is 13.8 Å². The molecule has 0 aliphatic carbocycles. The summed E-state index contributed by atoms with van der Waals surface area (Å²) in [5.41, 5.74) is 0. The molecule has 0 N–H and O–H groups in total. The molecular formula is C10H16N2O4. The summed E-state index contributed by atoms with van der Waals surface area (Å²) in [5, 5.41) is 3.78. The second-order valence-electron chi connectivity index (χ2n) is 3.70. The second-order valence-corrected chi connectivity index (χ2v) is 3.70. The Morgan fingerprint density at radius 3 is 2.62 bits per heavy atom. The van der Waals surface area contributed by atoms with E-state index in [9.17, 15) is 4.79 Å². The monoisotopic (exact) mass is 228 g/mol. The lowest BCUT2D eigenvalue weighted by Crippen LogP contribution is -2.11. The van der Waals surface area contributed by atoms with Crippen molar-refractivity contribution < 1.29 is 18.8 Å².